The summed E-state index contributed by atoms with van der Waals surface area (Å²) in [7, 11) is 1.58. The summed E-state index contributed by atoms with van der Waals surface area (Å²) in [5.74, 6) is 1.48. The zero-order chi connectivity index (χ0) is 19.3. The van der Waals surface area contributed by atoms with E-state index in [0.29, 0.717) is 29.6 Å². The number of hydrogen-bond acceptors (Lipinski definition) is 5. The number of ether oxygens (including phenoxy) is 1. The largest absolute Gasteiger partial charge is 0.496 e. The van der Waals surface area contributed by atoms with Crippen molar-refractivity contribution in [1.82, 2.24) is 15.1 Å². The van der Waals surface area contributed by atoms with Crippen molar-refractivity contribution in [2.75, 3.05) is 13.7 Å². The molecule has 3 aromatic rings. The Morgan fingerprint density at radius 2 is 1.82 bits per heavy atom. The molecule has 1 saturated heterocycles. The van der Waals surface area contributed by atoms with Crippen LogP contribution < -0.4 is 4.74 Å². The van der Waals surface area contributed by atoms with E-state index in [2.05, 4.69) is 10.2 Å². The molecule has 144 valence electrons. The smallest absolute Gasteiger partial charge is 0.258 e. The van der Waals surface area contributed by atoms with Gasteiger partial charge in [0.2, 0.25) is 11.8 Å². The standard InChI is InChI=1S/C22H23N3O3/c1-27-19-14-8-7-12-17(19)22(26)25-15-9-3-6-13-18(25)21-24-23-20(28-21)16-10-4-2-5-11-16/h2,4-5,7-8,10-12,14,18H,3,6,9,13,15H2,1H3. The van der Waals surface area contributed by atoms with Crippen molar-refractivity contribution in [2.45, 2.75) is 31.7 Å². The molecule has 6 nitrogen and oxygen atoms in total. The van der Waals surface area contributed by atoms with Crippen LogP contribution in [-0.2, 0) is 0 Å². The van der Waals surface area contributed by atoms with Crippen molar-refractivity contribution in [3.05, 3.63) is 66.1 Å². The van der Waals surface area contributed by atoms with Gasteiger partial charge < -0.3 is 14.1 Å². The fraction of sp³-hybridized carbons (Fsp3) is 0.318. The molecule has 1 aliphatic heterocycles. The first-order chi connectivity index (χ1) is 13.8. The normalized spacial score (nSPS) is 17.2. The zero-order valence-corrected chi connectivity index (χ0v) is 15.9. The lowest BCUT2D eigenvalue weighted by Gasteiger charge is -2.28. The lowest BCUT2D eigenvalue weighted by molar-refractivity contribution is 0.0649. The van der Waals surface area contributed by atoms with Gasteiger partial charge in [-0.3, -0.25) is 4.79 Å². The minimum atomic E-state index is -0.232. The molecule has 0 bridgehead atoms. The summed E-state index contributed by atoms with van der Waals surface area (Å²) < 4.78 is 11.4. The van der Waals surface area contributed by atoms with Crippen LogP contribution in [0.25, 0.3) is 11.5 Å². The molecule has 2 heterocycles. The van der Waals surface area contributed by atoms with Gasteiger partial charge in [-0.1, -0.05) is 43.2 Å². The second kappa shape index (κ2) is 8.25. The number of aromatic nitrogens is 2. The van der Waals surface area contributed by atoms with E-state index in [9.17, 15) is 4.79 Å². The summed E-state index contributed by atoms with van der Waals surface area (Å²) in [6, 6.07) is 16.8. The molecule has 1 amide bonds. The number of carbonyl (C=O) groups is 1. The Bertz CT molecular complexity index is 939. The molecule has 1 unspecified atom stereocenters. The minimum absolute atomic E-state index is 0.0659. The lowest BCUT2D eigenvalue weighted by atomic mass is 10.1. The van der Waals surface area contributed by atoms with E-state index in [1.807, 2.05) is 47.4 Å². The molecule has 1 fully saturated rings. The quantitative estimate of drug-likeness (QED) is 0.669. The third kappa shape index (κ3) is 3.63. The predicted molar refractivity (Wildman–Crippen MR) is 105 cm³/mol. The van der Waals surface area contributed by atoms with Gasteiger partial charge in [-0.25, -0.2) is 0 Å². The van der Waals surface area contributed by atoms with Crippen LogP contribution in [0, 0.1) is 0 Å². The van der Waals surface area contributed by atoms with Crippen molar-refractivity contribution >= 4 is 5.91 Å². The van der Waals surface area contributed by atoms with Gasteiger partial charge in [0.05, 0.1) is 12.7 Å². The highest BCUT2D eigenvalue weighted by molar-refractivity contribution is 5.97. The van der Waals surface area contributed by atoms with E-state index < -0.39 is 0 Å². The summed E-state index contributed by atoms with van der Waals surface area (Å²) in [5.41, 5.74) is 1.43. The molecule has 6 heteroatoms. The van der Waals surface area contributed by atoms with E-state index in [-0.39, 0.29) is 11.9 Å². The highest BCUT2D eigenvalue weighted by Crippen LogP contribution is 2.33. The third-order valence-electron chi connectivity index (χ3n) is 5.10. The molecule has 1 atom stereocenters. The number of amides is 1. The Morgan fingerprint density at radius 3 is 2.64 bits per heavy atom. The number of para-hydroxylation sites is 1. The van der Waals surface area contributed by atoms with Crippen molar-refractivity contribution in [3.63, 3.8) is 0 Å². The number of hydrogen-bond donors (Lipinski definition) is 0. The van der Waals surface area contributed by atoms with Gasteiger partial charge in [-0.2, -0.15) is 0 Å². The second-order valence-electron chi connectivity index (χ2n) is 6.88. The lowest BCUT2D eigenvalue weighted by Crippen LogP contribution is -2.35. The topological polar surface area (TPSA) is 68.5 Å². The van der Waals surface area contributed by atoms with Crippen LogP contribution in [0.3, 0.4) is 0 Å². The van der Waals surface area contributed by atoms with Crippen LogP contribution in [-0.4, -0.2) is 34.7 Å². The van der Waals surface area contributed by atoms with Gasteiger partial charge in [-0.15, -0.1) is 10.2 Å². The molecule has 0 N–H and O–H groups in total. The summed E-state index contributed by atoms with van der Waals surface area (Å²) in [6.07, 6.45) is 3.85. The molecule has 0 saturated carbocycles. The first-order valence-corrected chi connectivity index (χ1v) is 9.60. The highest BCUT2D eigenvalue weighted by Gasteiger charge is 2.32. The summed E-state index contributed by atoms with van der Waals surface area (Å²) in [5, 5.41) is 8.50. The number of carbonyl (C=O) groups excluding carboxylic acids is 1. The van der Waals surface area contributed by atoms with E-state index in [4.69, 9.17) is 9.15 Å². The van der Waals surface area contributed by atoms with Crippen molar-refractivity contribution in [2.24, 2.45) is 0 Å². The van der Waals surface area contributed by atoms with Crippen LogP contribution in [0.2, 0.25) is 0 Å². The Kier molecular flexibility index (Phi) is 5.37. The van der Waals surface area contributed by atoms with Crippen LogP contribution in [0.5, 0.6) is 5.75 Å². The summed E-state index contributed by atoms with van der Waals surface area (Å²) in [4.78, 5) is 15.2. The van der Waals surface area contributed by atoms with Gasteiger partial charge in [0.1, 0.15) is 11.8 Å². The molecule has 28 heavy (non-hydrogen) atoms. The average molecular weight is 377 g/mol. The molecule has 0 radical (unpaired) electrons. The third-order valence-corrected chi connectivity index (χ3v) is 5.10. The van der Waals surface area contributed by atoms with E-state index in [0.717, 1.165) is 31.2 Å². The maximum atomic E-state index is 13.3. The monoisotopic (exact) mass is 377 g/mol. The second-order valence-corrected chi connectivity index (χ2v) is 6.88. The first-order valence-electron chi connectivity index (χ1n) is 9.60. The molecule has 0 spiro atoms. The number of likely N-dealkylation sites (tertiary alicyclic amines) is 1. The summed E-state index contributed by atoms with van der Waals surface area (Å²) >= 11 is 0. The van der Waals surface area contributed by atoms with Crippen molar-refractivity contribution < 1.29 is 13.9 Å². The molecule has 0 aliphatic carbocycles. The Hall–Kier alpha value is -3.15. The van der Waals surface area contributed by atoms with E-state index in [1.165, 1.54) is 0 Å². The van der Waals surface area contributed by atoms with Gasteiger partial charge in [-0.05, 0) is 37.1 Å². The van der Waals surface area contributed by atoms with Gasteiger partial charge in [0, 0.05) is 12.1 Å². The first kappa shape index (κ1) is 18.2. The number of methoxy groups -OCH3 is 1. The molecule has 2 aromatic carbocycles. The van der Waals surface area contributed by atoms with Crippen molar-refractivity contribution in [3.8, 4) is 17.2 Å². The van der Waals surface area contributed by atoms with Crippen molar-refractivity contribution in [1.29, 1.82) is 0 Å². The molecular formula is C22H23N3O3. The predicted octanol–water partition coefficient (Wildman–Crippen LogP) is 4.50. The number of benzene rings is 2. The fourth-order valence-corrected chi connectivity index (χ4v) is 3.65. The Labute approximate surface area is 164 Å². The van der Waals surface area contributed by atoms with Crippen LogP contribution in [0.1, 0.15) is 48.0 Å². The Balaban J connectivity index is 1.66. The van der Waals surface area contributed by atoms with Gasteiger partial charge >= 0.3 is 0 Å². The molecular weight excluding hydrogens is 354 g/mol. The zero-order valence-electron chi connectivity index (χ0n) is 15.9. The number of rotatable bonds is 4. The van der Waals surface area contributed by atoms with Gasteiger partial charge in [0.15, 0.2) is 0 Å². The van der Waals surface area contributed by atoms with Crippen LogP contribution in [0.15, 0.2) is 59.0 Å². The maximum Gasteiger partial charge on any atom is 0.258 e. The summed E-state index contributed by atoms with van der Waals surface area (Å²) in [6.45, 7) is 0.657. The van der Waals surface area contributed by atoms with Crippen LogP contribution in [0.4, 0.5) is 0 Å². The Morgan fingerprint density at radius 1 is 1.04 bits per heavy atom. The maximum absolute atomic E-state index is 13.3. The van der Waals surface area contributed by atoms with Crippen LogP contribution >= 0.6 is 0 Å². The SMILES string of the molecule is COc1ccccc1C(=O)N1CCCCCC1c1nnc(-c2ccccc2)o1. The van der Waals surface area contributed by atoms with Gasteiger partial charge in [0.25, 0.3) is 5.91 Å². The average Bonchev–Trinajstić information content (AvgIpc) is 3.12. The molecule has 1 aromatic heterocycles. The highest BCUT2D eigenvalue weighted by atomic mass is 16.5. The fourth-order valence-electron chi connectivity index (χ4n) is 3.65. The minimum Gasteiger partial charge on any atom is -0.496 e. The van der Waals surface area contributed by atoms with E-state index in [1.54, 1.807) is 19.2 Å². The van der Waals surface area contributed by atoms with E-state index >= 15 is 0 Å². The molecule has 4 rings (SSSR count). The number of nitrogens with zero attached hydrogens (tertiary/aromatic N) is 3. The molecule has 1 aliphatic rings.